The molecule has 3 aromatic heterocycles. The van der Waals surface area contributed by atoms with E-state index in [4.69, 9.17) is 31.0 Å². The van der Waals surface area contributed by atoms with E-state index in [0.29, 0.717) is 51.2 Å². The number of alkyl halides is 2. The lowest BCUT2D eigenvalue weighted by Gasteiger charge is -2.24. The Morgan fingerprint density at radius 1 is 1.08 bits per heavy atom. The van der Waals surface area contributed by atoms with E-state index in [-0.39, 0.29) is 29.3 Å². The molecule has 1 N–H and O–H groups in total. The monoisotopic (exact) mass is 699 g/mol. The van der Waals surface area contributed by atoms with Gasteiger partial charge in [-0.05, 0) is 62.1 Å². The number of anilines is 2. The fourth-order valence-corrected chi connectivity index (χ4v) is 6.70. The first-order valence-corrected chi connectivity index (χ1v) is 16.4. The molecular weight excluding hydrogens is 664 g/mol. The van der Waals surface area contributed by atoms with Gasteiger partial charge in [-0.15, -0.1) is 0 Å². The van der Waals surface area contributed by atoms with Crippen LogP contribution in [0.4, 0.5) is 20.3 Å². The van der Waals surface area contributed by atoms with Crippen LogP contribution in [0, 0.1) is 12.8 Å². The maximum Gasteiger partial charge on any atom is 0.308 e. The van der Waals surface area contributed by atoms with E-state index in [1.165, 1.54) is 7.11 Å². The SMILES string of the molecule is C=Cc1cnc2c(Nc3cccc(-c4cccc(-c5cnc(CN(C)[C@H]6CC[C@H](C(=O)OC)C6)c(OC)n5)c4Cl)c3C)nc(C(F)F)nc2c1. The third kappa shape index (κ3) is 6.99. The number of nitrogens with zero attached hydrogens (tertiary/aromatic N) is 6. The summed E-state index contributed by atoms with van der Waals surface area (Å²) < 4.78 is 38.2. The molecule has 50 heavy (non-hydrogen) atoms. The summed E-state index contributed by atoms with van der Waals surface area (Å²) in [5, 5.41) is 3.67. The van der Waals surface area contributed by atoms with Crippen LogP contribution in [0.25, 0.3) is 39.5 Å². The van der Waals surface area contributed by atoms with Crippen LogP contribution in [0.1, 0.15) is 48.3 Å². The lowest BCUT2D eigenvalue weighted by atomic mass is 9.96. The summed E-state index contributed by atoms with van der Waals surface area (Å²) >= 11 is 7.08. The van der Waals surface area contributed by atoms with Gasteiger partial charge >= 0.3 is 5.97 Å². The van der Waals surface area contributed by atoms with E-state index >= 15 is 0 Å². The fourth-order valence-electron chi connectivity index (χ4n) is 6.38. The van der Waals surface area contributed by atoms with Crippen molar-refractivity contribution in [3.05, 3.63) is 89.1 Å². The van der Waals surface area contributed by atoms with E-state index < -0.39 is 12.2 Å². The number of pyridine rings is 1. The van der Waals surface area contributed by atoms with Gasteiger partial charge in [0, 0.05) is 35.6 Å². The first-order valence-electron chi connectivity index (χ1n) is 16.0. The van der Waals surface area contributed by atoms with Gasteiger partial charge in [0.25, 0.3) is 6.43 Å². The van der Waals surface area contributed by atoms with E-state index in [1.807, 2.05) is 50.4 Å². The summed E-state index contributed by atoms with van der Waals surface area (Å²) in [6, 6.07) is 13.1. The molecular formula is C37H36ClF2N7O3. The summed E-state index contributed by atoms with van der Waals surface area (Å²) in [6.07, 6.45) is 4.38. The third-order valence-electron chi connectivity index (χ3n) is 9.12. The number of fused-ring (bicyclic) bond motifs is 1. The number of rotatable bonds is 11. The summed E-state index contributed by atoms with van der Waals surface area (Å²) in [7, 11) is 4.98. The summed E-state index contributed by atoms with van der Waals surface area (Å²) in [5.74, 6) is -0.319. The van der Waals surface area contributed by atoms with Gasteiger partial charge < -0.3 is 14.8 Å². The Balaban J connectivity index is 1.29. The number of carbonyl (C=O) groups excluding carboxylic acids is 1. The molecule has 6 rings (SSSR count). The van der Waals surface area contributed by atoms with Crippen LogP contribution in [-0.2, 0) is 16.1 Å². The summed E-state index contributed by atoms with van der Waals surface area (Å²) in [4.78, 5) is 36.2. The zero-order chi connectivity index (χ0) is 35.5. The smallest absolute Gasteiger partial charge is 0.308 e. The second kappa shape index (κ2) is 14.8. The number of carbonyl (C=O) groups is 1. The number of esters is 1. The Morgan fingerprint density at radius 2 is 1.84 bits per heavy atom. The van der Waals surface area contributed by atoms with Crippen molar-refractivity contribution >= 4 is 46.2 Å². The molecule has 0 saturated heterocycles. The molecule has 2 atom stereocenters. The number of hydrogen-bond acceptors (Lipinski definition) is 10. The normalized spacial score (nSPS) is 15.9. The third-order valence-corrected chi connectivity index (χ3v) is 9.53. The molecule has 0 amide bonds. The molecule has 3 heterocycles. The van der Waals surface area contributed by atoms with Crippen molar-refractivity contribution in [2.75, 3.05) is 26.6 Å². The number of ether oxygens (including phenoxy) is 2. The maximum atomic E-state index is 13.8. The molecule has 0 unspecified atom stereocenters. The number of methoxy groups -OCH3 is 2. The van der Waals surface area contributed by atoms with Crippen LogP contribution < -0.4 is 10.1 Å². The van der Waals surface area contributed by atoms with Gasteiger partial charge in [0.15, 0.2) is 11.6 Å². The van der Waals surface area contributed by atoms with Gasteiger partial charge in [0.1, 0.15) is 11.2 Å². The number of hydrogen-bond donors (Lipinski definition) is 1. The number of nitrogens with one attached hydrogen (secondary N) is 1. The Hall–Kier alpha value is -5.07. The first-order chi connectivity index (χ1) is 24.1. The molecule has 13 heteroatoms. The van der Waals surface area contributed by atoms with Gasteiger partial charge in [-0.1, -0.05) is 54.6 Å². The minimum atomic E-state index is -2.87. The zero-order valence-electron chi connectivity index (χ0n) is 28.1. The molecule has 10 nitrogen and oxygen atoms in total. The van der Waals surface area contributed by atoms with Gasteiger partial charge in [-0.3, -0.25) is 19.7 Å². The van der Waals surface area contributed by atoms with Crippen LogP contribution in [-0.4, -0.2) is 63.1 Å². The predicted octanol–water partition coefficient (Wildman–Crippen LogP) is 8.22. The van der Waals surface area contributed by atoms with Crippen molar-refractivity contribution in [2.24, 2.45) is 5.92 Å². The molecule has 0 aliphatic heterocycles. The van der Waals surface area contributed by atoms with E-state index in [0.717, 1.165) is 36.0 Å². The highest BCUT2D eigenvalue weighted by molar-refractivity contribution is 6.36. The lowest BCUT2D eigenvalue weighted by molar-refractivity contribution is -0.145. The summed E-state index contributed by atoms with van der Waals surface area (Å²) in [5.41, 5.74) is 6.15. The van der Waals surface area contributed by atoms with Crippen molar-refractivity contribution in [3.8, 4) is 28.3 Å². The lowest BCUT2D eigenvalue weighted by Crippen LogP contribution is -2.30. The van der Waals surface area contributed by atoms with Gasteiger partial charge in [-0.25, -0.2) is 23.7 Å². The molecule has 0 radical (unpaired) electrons. The highest BCUT2D eigenvalue weighted by Gasteiger charge is 2.33. The Labute approximate surface area is 293 Å². The first kappa shape index (κ1) is 34.8. The average molecular weight is 700 g/mol. The van der Waals surface area contributed by atoms with Gasteiger partial charge in [-0.2, -0.15) is 0 Å². The summed E-state index contributed by atoms with van der Waals surface area (Å²) in [6.45, 7) is 6.13. The Morgan fingerprint density at radius 3 is 2.58 bits per heavy atom. The van der Waals surface area contributed by atoms with Crippen molar-refractivity contribution in [1.29, 1.82) is 0 Å². The van der Waals surface area contributed by atoms with Crippen LogP contribution in [0.3, 0.4) is 0 Å². The van der Waals surface area contributed by atoms with Crippen LogP contribution in [0.15, 0.2) is 61.4 Å². The molecule has 2 aromatic carbocycles. The molecule has 1 saturated carbocycles. The molecule has 258 valence electrons. The average Bonchev–Trinajstić information content (AvgIpc) is 3.63. The van der Waals surface area contributed by atoms with Crippen molar-refractivity contribution in [3.63, 3.8) is 0 Å². The topological polar surface area (TPSA) is 115 Å². The largest absolute Gasteiger partial charge is 0.480 e. The molecule has 1 fully saturated rings. The quantitative estimate of drug-likeness (QED) is 0.135. The van der Waals surface area contributed by atoms with Crippen LogP contribution in [0.2, 0.25) is 5.02 Å². The predicted molar refractivity (Wildman–Crippen MR) is 189 cm³/mol. The van der Waals surface area contributed by atoms with Crippen LogP contribution in [0.5, 0.6) is 5.88 Å². The maximum absolute atomic E-state index is 13.8. The van der Waals surface area contributed by atoms with Crippen molar-refractivity contribution < 1.29 is 23.0 Å². The Kier molecular flexibility index (Phi) is 10.3. The van der Waals surface area contributed by atoms with E-state index in [9.17, 15) is 13.6 Å². The van der Waals surface area contributed by atoms with Crippen molar-refractivity contribution in [2.45, 2.75) is 45.2 Å². The molecule has 5 aromatic rings. The van der Waals surface area contributed by atoms with Gasteiger partial charge in [0.05, 0.1) is 42.6 Å². The number of aromatic nitrogens is 5. The van der Waals surface area contributed by atoms with E-state index in [1.54, 1.807) is 31.6 Å². The Bertz CT molecular complexity index is 2080. The standard InChI is InChI=1S/C37H36ClF2N7O3/c1-6-21-15-28-32(42-17-21)34(46-35(44-28)33(39)40)43-27-12-8-9-24(20(27)2)25-10-7-11-26(31(25)38)29-18-41-30(36(45-29)49-4)19-47(3)23-14-13-22(16-23)37(48)50-5/h6-12,15,17-18,22-23,33H,1,13-14,16,19H2,2-5H3,(H,43,44,46)/t22-,23-/m0/s1. The molecule has 0 bridgehead atoms. The second-order valence-corrected chi connectivity index (χ2v) is 12.5. The highest BCUT2D eigenvalue weighted by atomic mass is 35.5. The fraction of sp³-hybridized carbons (Fsp3) is 0.297. The second-order valence-electron chi connectivity index (χ2n) is 12.2. The number of benzene rings is 2. The molecule has 0 spiro atoms. The highest BCUT2D eigenvalue weighted by Crippen LogP contribution is 2.40. The molecule has 1 aliphatic carbocycles. The van der Waals surface area contributed by atoms with Gasteiger partial charge in [0.2, 0.25) is 5.88 Å². The van der Waals surface area contributed by atoms with E-state index in [2.05, 4.69) is 31.7 Å². The minimum Gasteiger partial charge on any atom is -0.480 e. The number of halogens is 3. The molecule has 1 aliphatic rings. The minimum absolute atomic E-state index is 0.0919. The van der Waals surface area contributed by atoms with Crippen LogP contribution >= 0.6 is 11.6 Å². The van der Waals surface area contributed by atoms with Crippen molar-refractivity contribution in [1.82, 2.24) is 29.8 Å². The zero-order valence-corrected chi connectivity index (χ0v) is 28.8.